The van der Waals surface area contributed by atoms with Gasteiger partial charge in [-0.1, -0.05) is 23.7 Å². The Bertz CT molecular complexity index is 979. The van der Waals surface area contributed by atoms with Crippen LogP contribution in [-0.2, 0) is 4.79 Å². The quantitative estimate of drug-likeness (QED) is 0.286. The first-order chi connectivity index (χ1) is 13.8. The van der Waals surface area contributed by atoms with E-state index in [2.05, 4.69) is 16.2 Å². The first-order valence-electron chi connectivity index (χ1n) is 7.97. The van der Waals surface area contributed by atoms with Crippen LogP contribution >= 0.6 is 23.8 Å². The number of thiocarbonyl (C=S) groups is 1. The number of hydrogen-bond acceptors (Lipinski definition) is 6. The Kier molecular flexibility index (Phi) is 7.63. The zero-order chi connectivity index (χ0) is 21.4. The fourth-order valence-electron chi connectivity index (χ4n) is 2.05. The standard InChI is InChI=1S/C18H15ClN4O5S/c1-28-13-6-2-11(3-7-13)4-9-16(24)20-18(29)22-21-17(25)12-5-8-14(19)15(10-12)23(26)27/h2-10H,1H3,(H,21,25)(H2,20,22,24,29). The predicted octanol–water partition coefficient (Wildman–Crippen LogP) is 2.61. The van der Waals surface area contributed by atoms with Gasteiger partial charge in [-0.05, 0) is 48.1 Å². The van der Waals surface area contributed by atoms with Crippen LogP contribution in [-0.4, -0.2) is 29.0 Å². The summed E-state index contributed by atoms with van der Waals surface area (Å²) < 4.78 is 5.05. The summed E-state index contributed by atoms with van der Waals surface area (Å²) >= 11 is 10.6. The van der Waals surface area contributed by atoms with E-state index in [0.717, 1.165) is 11.6 Å². The van der Waals surface area contributed by atoms with Gasteiger partial charge in [0.1, 0.15) is 10.8 Å². The number of amides is 2. The summed E-state index contributed by atoms with van der Waals surface area (Å²) in [6.45, 7) is 0. The molecule has 3 N–H and O–H groups in total. The molecule has 2 amide bonds. The van der Waals surface area contributed by atoms with Crippen LogP contribution in [0, 0.1) is 10.1 Å². The lowest BCUT2D eigenvalue weighted by atomic mass is 10.2. The van der Waals surface area contributed by atoms with Crippen LogP contribution in [0.4, 0.5) is 5.69 Å². The Hall–Kier alpha value is -3.50. The number of nitro groups is 1. The minimum atomic E-state index is -0.702. The summed E-state index contributed by atoms with van der Waals surface area (Å²) in [6.07, 6.45) is 2.84. The molecule has 0 aromatic heterocycles. The molecule has 2 rings (SSSR count). The van der Waals surface area contributed by atoms with Crippen LogP contribution in [0.15, 0.2) is 48.5 Å². The average Bonchev–Trinajstić information content (AvgIpc) is 2.71. The van der Waals surface area contributed by atoms with Gasteiger partial charge in [0.2, 0.25) is 5.91 Å². The van der Waals surface area contributed by atoms with E-state index in [1.165, 1.54) is 18.2 Å². The number of hydrazine groups is 1. The van der Waals surface area contributed by atoms with E-state index in [1.807, 2.05) is 0 Å². The van der Waals surface area contributed by atoms with Crippen molar-refractivity contribution >= 4 is 52.5 Å². The van der Waals surface area contributed by atoms with Crippen LogP contribution in [0.5, 0.6) is 5.75 Å². The second-order valence-corrected chi connectivity index (χ2v) is 6.24. The monoisotopic (exact) mass is 434 g/mol. The molecule has 9 nitrogen and oxygen atoms in total. The molecule has 2 aromatic carbocycles. The maximum absolute atomic E-state index is 12.0. The third kappa shape index (κ3) is 6.55. The van der Waals surface area contributed by atoms with E-state index >= 15 is 0 Å². The number of carbonyl (C=O) groups excluding carboxylic acids is 2. The molecule has 2 aromatic rings. The lowest BCUT2D eigenvalue weighted by Gasteiger charge is -2.09. The van der Waals surface area contributed by atoms with Crippen molar-refractivity contribution < 1.29 is 19.2 Å². The third-order valence-corrected chi connectivity index (χ3v) is 4.00. The number of nitro benzene ring substituents is 1. The SMILES string of the molecule is COc1ccc(C=CC(=O)NC(=S)NNC(=O)c2ccc(Cl)c([N+](=O)[O-])c2)cc1. The second-order valence-electron chi connectivity index (χ2n) is 5.43. The van der Waals surface area contributed by atoms with E-state index in [-0.39, 0.29) is 15.7 Å². The number of carbonyl (C=O) groups is 2. The van der Waals surface area contributed by atoms with Gasteiger partial charge in [-0.25, -0.2) is 0 Å². The number of nitrogens with one attached hydrogen (secondary N) is 3. The number of nitrogens with zero attached hydrogens (tertiary/aromatic N) is 1. The topological polar surface area (TPSA) is 123 Å². The third-order valence-electron chi connectivity index (χ3n) is 3.47. The summed E-state index contributed by atoms with van der Waals surface area (Å²) in [7, 11) is 1.55. The van der Waals surface area contributed by atoms with Crippen molar-refractivity contribution in [1.29, 1.82) is 0 Å². The molecule has 150 valence electrons. The number of ether oxygens (including phenoxy) is 1. The largest absolute Gasteiger partial charge is 0.497 e. The maximum atomic E-state index is 12.0. The number of halogens is 1. The number of hydrogen-bond donors (Lipinski definition) is 3. The highest BCUT2D eigenvalue weighted by Crippen LogP contribution is 2.24. The van der Waals surface area contributed by atoms with Crippen molar-refractivity contribution in [2.75, 3.05) is 7.11 Å². The average molecular weight is 435 g/mol. The molecular weight excluding hydrogens is 420 g/mol. The highest BCUT2D eigenvalue weighted by atomic mass is 35.5. The molecule has 0 aliphatic carbocycles. The molecule has 0 heterocycles. The van der Waals surface area contributed by atoms with Gasteiger partial charge in [0.25, 0.3) is 11.6 Å². The van der Waals surface area contributed by atoms with Gasteiger partial charge in [-0.2, -0.15) is 0 Å². The normalized spacial score (nSPS) is 10.3. The van der Waals surface area contributed by atoms with Gasteiger partial charge in [0, 0.05) is 17.7 Å². The van der Waals surface area contributed by atoms with E-state index in [4.69, 9.17) is 28.6 Å². The molecule has 0 bridgehead atoms. The molecule has 29 heavy (non-hydrogen) atoms. The van der Waals surface area contributed by atoms with Crippen molar-refractivity contribution in [1.82, 2.24) is 16.2 Å². The van der Waals surface area contributed by atoms with E-state index in [1.54, 1.807) is 37.5 Å². The minimum Gasteiger partial charge on any atom is -0.497 e. The van der Waals surface area contributed by atoms with Gasteiger partial charge in [-0.15, -0.1) is 0 Å². The van der Waals surface area contributed by atoms with E-state index in [0.29, 0.717) is 5.75 Å². The number of benzene rings is 2. The summed E-state index contributed by atoms with van der Waals surface area (Å²) in [5.74, 6) is -0.524. The van der Waals surface area contributed by atoms with Gasteiger partial charge >= 0.3 is 0 Å². The first kappa shape index (κ1) is 21.8. The van der Waals surface area contributed by atoms with Gasteiger partial charge in [-0.3, -0.25) is 35.9 Å². The van der Waals surface area contributed by atoms with Crippen LogP contribution < -0.4 is 20.9 Å². The molecule has 0 atom stereocenters. The smallest absolute Gasteiger partial charge is 0.288 e. The van der Waals surface area contributed by atoms with Crippen molar-refractivity contribution in [2.24, 2.45) is 0 Å². The molecule has 0 aliphatic rings. The molecule has 0 aliphatic heterocycles. The van der Waals surface area contributed by atoms with Crippen molar-refractivity contribution in [3.05, 3.63) is 74.8 Å². The Balaban J connectivity index is 1.86. The van der Waals surface area contributed by atoms with Crippen LogP contribution in [0.25, 0.3) is 6.08 Å². The van der Waals surface area contributed by atoms with Crippen LogP contribution in [0.3, 0.4) is 0 Å². The van der Waals surface area contributed by atoms with Crippen LogP contribution in [0.1, 0.15) is 15.9 Å². The summed E-state index contributed by atoms with van der Waals surface area (Å²) in [5, 5.41) is 13.0. The molecule has 0 unspecified atom stereocenters. The summed E-state index contributed by atoms with van der Waals surface area (Å²) in [5.41, 5.74) is 4.92. The maximum Gasteiger partial charge on any atom is 0.288 e. The molecule has 0 saturated carbocycles. The fraction of sp³-hybridized carbons (Fsp3) is 0.0556. The Morgan fingerprint density at radius 1 is 1.17 bits per heavy atom. The lowest BCUT2D eigenvalue weighted by Crippen LogP contribution is -2.48. The van der Waals surface area contributed by atoms with Crippen LogP contribution in [0.2, 0.25) is 5.02 Å². The lowest BCUT2D eigenvalue weighted by molar-refractivity contribution is -0.384. The van der Waals surface area contributed by atoms with E-state index in [9.17, 15) is 19.7 Å². The number of rotatable bonds is 5. The molecule has 0 spiro atoms. The fourth-order valence-corrected chi connectivity index (χ4v) is 2.39. The predicted molar refractivity (Wildman–Crippen MR) is 111 cm³/mol. The highest BCUT2D eigenvalue weighted by molar-refractivity contribution is 7.80. The zero-order valence-corrected chi connectivity index (χ0v) is 16.5. The molecule has 11 heteroatoms. The van der Waals surface area contributed by atoms with Crippen molar-refractivity contribution in [2.45, 2.75) is 0 Å². The molecule has 0 fully saturated rings. The Morgan fingerprint density at radius 3 is 2.48 bits per heavy atom. The highest BCUT2D eigenvalue weighted by Gasteiger charge is 2.16. The molecule has 0 radical (unpaired) electrons. The Labute approximate surface area is 175 Å². The zero-order valence-electron chi connectivity index (χ0n) is 15.0. The second kappa shape index (κ2) is 10.2. The summed E-state index contributed by atoms with van der Waals surface area (Å²) in [4.78, 5) is 34.1. The van der Waals surface area contributed by atoms with Crippen molar-refractivity contribution in [3.8, 4) is 5.75 Å². The van der Waals surface area contributed by atoms with Gasteiger partial charge in [0.05, 0.1) is 12.0 Å². The van der Waals surface area contributed by atoms with Gasteiger partial charge < -0.3 is 4.74 Å². The molecular formula is C18H15ClN4O5S. The van der Waals surface area contributed by atoms with Crippen molar-refractivity contribution in [3.63, 3.8) is 0 Å². The summed E-state index contributed by atoms with van der Waals surface area (Å²) in [6, 6.07) is 10.6. The first-order valence-corrected chi connectivity index (χ1v) is 8.76. The van der Waals surface area contributed by atoms with E-state index < -0.39 is 22.4 Å². The molecule has 0 saturated heterocycles. The number of methoxy groups -OCH3 is 1. The minimum absolute atomic E-state index is 0.0119. The Morgan fingerprint density at radius 2 is 1.86 bits per heavy atom. The van der Waals surface area contributed by atoms with Gasteiger partial charge in [0.15, 0.2) is 5.11 Å².